The van der Waals surface area contributed by atoms with Crippen LogP contribution < -0.4 is 10.5 Å². The van der Waals surface area contributed by atoms with Gasteiger partial charge in [0.15, 0.2) is 11.6 Å². The number of nitrogens with two attached hydrogens (primary N) is 1. The predicted octanol–water partition coefficient (Wildman–Crippen LogP) is 3.55. The number of hydrogen-bond acceptors (Lipinski definition) is 2. The van der Waals surface area contributed by atoms with Crippen molar-refractivity contribution in [2.24, 2.45) is 0 Å². The number of anilines is 1. The minimum absolute atomic E-state index is 0.200. The maximum Gasteiger partial charge on any atom is 0.167 e. The lowest BCUT2D eigenvalue weighted by Gasteiger charge is -2.15. The summed E-state index contributed by atoms with van der Waals surface area (Å²) in [7, 11) is 0. The Labute approximate surface area is 99.8 Å². The average Bonchev–Trinajstić information content (AvgIpc) is 2.34. The molecule has 2 nitrogen and oxygen atoms in total. The summed E-state index contributed by atoms with van der Waals surface area (Å²) < 4.78 is 19.1. The summed E-state index contributed by atoms with van der Waals surface area (Å²) in [6.07, 6.45) is -0.200. The van der Waals surface area contributed by atoms with E-state index in [1.54, 1.807) is 12.1 Å². The molecule has 0 bridgehead atoms. The zero-order chi connectivity index (χ0) is 12.3. The van der Waals surface area contributed by atoms with Gasteiger partial charge in [-0.15, -0.1) is 0 Å². The van der Waals surface area contributed by atoms with Gasteiger partial charge in [-0.2, -0.15) is 0 Å². The first-order valence-corrected chi connectivity index (χ1v) is 5.43. The van der Waals surface area contributed by atoms with E-state index in [2.05, 4.69) is 0 Å². The van der Waals surface area contributed by atoms with E-state index in [4.69, 9.17) is 10.5 Å². The van der Waals surface area contributed by atoms with Gasteiger partial charge in [-0.05, 0) is 24.6 Å². The fourth-order valence-corrected chi connectivity index (χ4v) is 1.60. The molecule has 17 heavy (non-hydrogen) atoms. The van der Waals surface area contributed by atoms with Gasteiger partial charge in [0.05, 0.1) is 0 Å². The topological polar surface area (TPSA) is 35.2 Å². The molecule has 2 aromatic rings. The van der Waals surface area contributed by atoms with Crippen LogP contribution in [0.1, 0.15) is 18.6 Å². The Morgan fingerprint density at radius 3 is 2.47 bits per heavy atom. The standard InChI is InChI=1S/C14H14FNO/c1-10(11-5-3-2-4-6-11)17-14-8-7-12(16)9-13(14)15/h2-10H,16H2,1H3. The van der Waals surface area contributed by atoms with Gasteiger partial charge in [-0.1, -0.05) is 30.3 Å². The largest absolute Gasteiger partial charge is 0.483 e. The van der Waals surface area contributed by atoms with Crippen molar-refractivity contribution in [2.45, 2.75) is 13.0 Å². The van der Waals surface area contributed by atoms with Crippen LogP contribution >= 0.6 is 0 Å². The summed E-state index contributed by atoms with van der Waals surface area (Å²) in [5.74, 6) is -0.219. The second kappa shape index (κ2) is 4.87. The van der Waals surface area contributed by atoms with Crippen LogP contribution in [0, 0.1) is 5.82 Å². The van der Waals surface area contributed by atoms with Crippen molar-refractivity contribution in [3.05, 3.63) is 59.9 Å². The molecule has 0 aromatic heterocycles. The predicted molar refractivity (Wildman–Crippen MR) is 66.3 cm³/mol. The number of hydrogen-bond donors (Lipinski definition) is 1. The van der Waals surface area contributed by atoms with Gasteiger partial charge in [0, 0.05) is 11.8 Å². The molecule has 2 N–H and O–H groups in total. The molecular formula is C14H14FNO. The lowest BCUT2D eigenvalue weighted by molar-refractivity contribution is 0.216. The maximum atomic E-state index is 13.5. The van der Waals surface area contributed by atoms with Crippen LogP contribution in [-0.2, 0) is 0 Å². The van der Waals surface area contributed by atoms with Gasteiger partial charge in [-0.3, -0.25) is 0 Å². The molecule has 0 saturated heterocycles. The van der Waals surface area contributed by atoms with E-state index in [0.29, 0.717) is 5.69 Å². The molecule has 0 aliphatic heterocycles. The van der Waals surface area contributed by atoms with Gasteiger partial charge >= 0.3 is 0 Å². The Morgan fingerprint density at radius 1 is 1.12 bits per heavy atom. The van der Waals surface area contributed by atoms with Crippen molar-refractivity contribution in [2.75, 3.05) is 5.73 Å². The fourth-order valence-electron chi connectivity index (χ4n) is 1.60. The van der Waals surface area contributed by atoms with Crippen LogP contribution in [0.2, 0.25) is 0 Å². The number of ether oxygens (including phenoxy) is 1. The second-order valence-corrected chi connectivity index (χ2v) is 3.86. The van der Waals surface area contributed by atoms with Gasteiger partial charge < -0.3 is 10.5 Å². The highest BCUT2D eigenvalue weighted by Crippen LogP contribution is 2.25. The smallest absolute Gasteiger partial charge is 0.167 e. The third kappa shape index (κ3) is 2.75. The monoisotopic (exact) mass is 231 g/mol. The maximum absolute atomic E-state index is 13.5. The summed E-state index contributed by atoms with van der Waals surface area (Å²) >= 11 is 0. The van der Waals surface area contributed by atoms with Crippen molar-refractivity contribution < 1.29 is 9.13 Å². The van der Waals surface area contributed by atoms with Crippen molar-refractivity contribution in [3.8, 4) is 5.75 Å². The molecule has 0 spiro atoms. The minimum Gasteiger partial charge on any atom is -0.483 e. The van der Waals surface area contributed by atoms with Crippen LogP contribution in [0.3, 0.4) is 0 Å². The Hall–Kier alpha value is -2.03. The van der Waals surface area contributed by atoms with E-state index in [0.717, 1.165) is 5.56 Å². The molecule has 3 heteroatoms. The molecule has 0 heterocycles. The number of nitrogen functional groups attached to an aromatic ring is 1. The highest BCUT2D eigenvalue weighted by molar-refractivity contribution is 5.43. The Kier molecular flexibility index (Phi) is 3.28. The minimum atomic E-state index is -0.437. The first-order valence-electron chi connectivity index (χ1n) is 5.43. The summed E-state index contributed by atoms with van der Waals surface area (Å²) in [6, 6.07) is 14.1. The normalized spacial score (nSPS) is 12.1. The van der Waals surface area contributed by atoms with Crippen LogP contribution in [0.5, 0.6) is 5.75 Å². The summed E-state index contributed by atoms with van der Waals surface area (Å²) in [5.41, 5.74) is 6.87. The zero-order valence-corrected chi connectivity index (χ0v) is 9.56. The van der Waals surface area contributed by atoms with E-state index < -0.39 is 5.82 Å². The Morgan fingerprint density at radius 2 is 1.82 bits per heavy atom. The van der Waals surface area contributed by atoms with E-state index >= 15 is 0 Å². The molecule has 1 unspecified atom stereocenters. The molecule has 88 valence electrons. The third-order valence-electron chi connectivity index (χ3n) is 2.53. The second-order valence-electron chi connectivity index (χ2n) is 3.86. The zero-order valence-electron chi connectivity index (χ0n) is 9.56. The highest BCUT2D eigenvalue weighted by atomic mass is 19.1. The van der Waals surface area contributed by atoms with Gasteiger partial charge in [0.1, 0.15) is 6.10 Å². The van der Waals surface area contributed by atoms with Crippen LogP contribution in [0.4, 0.5) is 10.1 Å². The lowest BCUT2D eigenvalue weighted by Crippen LogP contribution is -2.04. The van der Waals surface area contributed by atoms with Crippen molar-refractivity contribution in [1.82, 2.24) is 0 Å². The number of rotatable bonds is 3. The van der Waals surface area contributed by atoms with E-state index in [-0.39, 0.29) is 11.9 Å². The van der Waals surface area contributed by atoms with Crippen molar-refractivity contribution >= 4 is 5.69 Å². The van der Waals surface area contributed by atoms with E-state index in [9.17, 15) is 4.39 Å². The average molecular weight is 231 g/mol. The van der Waals surface area contributed by atoms with Crippen LogP contribution in [-0.4, -0.2) is 0 Å². The molecule has 0 aliphatic carbocycles. The summed E-state index contributed by atoms with van der Waals surface area (Å²) in [5, 5.41) is 0. The first kappa shape index (κ1) is 11.5. The van der Waals surface area contributed by atoms with Gasteiger partial charge in [0.2, 0.25) is 0 Å². The molecule has 2 rings (SSSR count). The van der Waals surface area contributed by atoms with Crippen molar-refractivity contribution in [1.29, 1.82) is 0 Å². The molecule has 0 fully saturated rings. The third-order valence-corrected chi connectivity index (χ3v) is 2.53. The molecular weight excluding hydrogens is 217 g/mol. The highest BCUT2D eigenvalue weighted by Gasteiger charge is 2.10. The lowest BCUT2D eigenvalue weighted by atomic mass is 10.1. The fraction of sp³-hybridized carbons (Fsp3) is 0.143. The van der Waals surface area contributed by atoms with Gasteiger partial charge in [0.25, 0.3) is 0 Å². The molecule has 2 aromatic carbocycles. The van der Waals surface area contributed by atoms with Crippen LogP contribution in [0.25, 0.3) is 0 Å². The molecule has 1 atom stereocenters. The van der Waals surface area contributed by atoms with E-state index in [1.165, 1.54) is 6.07 Å². The number of halogens is 1. The summed E-state index contributed by atoms with van der Waals surface area (Å²) in [4.78, 5) is 0. The quantitative estimate of drug-likeness (QED) is 0.820. The van der Waals surface area contributed by atoms with Gasteiger partial charge in [-0.25, -0.2) is 4.39 Å². The SMILES string of the molecule is CC(Oc1ccc(N)cc1F)c1ccccc1. The van der Waals surface area contributed by atoms with Crippen LogP contribution in [0.15, 0.2) is 48.5 Å². The summed E-state index contributed by atoms with van der Waals surface area (Å²) in [6.45, 7) is 1.88. The Bertz CT molecular complexity index is 499. The molecule has 0 amide bonds. The van der Waals surface area contributed by atoms with E-state index in [1.807, 2.05) is 37.3 Å². The first-order chi connectivity index (χ1) is 8.16. The molecule has 0 aliphatic rings. The Balaban J connectivity index is 2.16. The molecule has 0 radical (unpaired) electrons. The number of benzene rings is 2. The molecule has 0 saturated carbocycles. The van der Waals surface area contributed by atoms with Crippen molar-refractivity contribution in [3.63, 3.8) is 0 Å².